The highest BCUT2D eigenvalue weighted by atomic mass is 16.6. The van der Waals surface area contributed by atoms with Gasteiger partial charge >= 0.3 is 12.2 Å². The summed E-state index contributed by atoms with van der Waals surface area (Å²) < 4.78 is 10.7. The van der Waals surface area contributed by atoms with Crippen LogP contribution in [0.4, 0.5) is 9.59 Å². The van der Waals surface area contributed by atoms with E-state index >= 15 is 0 Å². The molecule has 1 aromatic rings. The lowest BCUT2D eigenvalue weighted by Crippen LogP contribution is -2.55. The van der Waals surface area contributed by atoms with Crippen molar-refractivity contribution in [1.29, 1.82) is 0 Å². The SMILES string of the molecule is C=CCOC(=O)N(CC1CN(C(=O)OC(C)(C)C)C1)C1CC1c1ccccc1. The van der Waals surface area contributed by atoms with Crippen molar-refractivity contribution in [3.05, 3.63) is 48.6 Å². The molecule has 1 saturated heterocycles. The first-order valence-electron chi connectivity index (χ1n) is 9.85. The molecule has 0 N–H and O–H groups in total. The van der Waals surface area contributed by atoms with E-state index in [1.807, 2.05) is 43.9 Å². The Labute approximate surface area is 167 Å². The fourth-order valence-corrected chi connectivity index (χ4v) is 3.58. The van der Waals surface area contributed by atoms with E-state index in [0.29, 0.717) is 25.6 Å². The van der Waals surface area contributed by atoms with Crippen LogP contribution in [0.1, 0.15) is 38.7 Å². The number of hydrogen-bond acceptors (Lipinski definition) is 4. The van der Waals surface area contributed by atoms with Crippen LogP contribution in [-0.2, 0) is 9.47 Å². The van der Waals surface area contributed by atoms with Gasteiger partial charge in [-0.25, -0.2) is 9.59 Å². The zero-order chi connectivity index (χ0) is 20.3. The Morgan fingerprint density at radius 1 is 1.25 bits per heavy atom. The maximum atomic E-state index is 12.6. The largest absolute Gasteiger partial charge is 0.445 e. The maximum absolute atomic E-state index is 12.6. The van der Waals surface area contributed by atoms with Gasteiger partial charge in [0.1, 0.15) is 12.2 Å². The van der Waals surface area contributed by atoms with Crippen LogP contribution in [-0.4, -0.2) is 59.9 Å². The van der Waals surface area contributed by atoms with Crippen molar-refractivity contribution in [2.45, 2.75) is 44.8 Å². The van der Waals surface area contributed by atoms with E-state index in [0.717, 1.165) is 6.42 Å². The third kappa shape index (κ3) is 5.06. The molecule has 2 atom stereocenters. The van der Waals surface area contributed by atoms with Crippen molar-refractivity contribution >= 4 is 12.2 Å². The number of rotatable bonds is 6. The lowest BCUT2D eigenvalue weighted by atomic mass is 10.00. The molecule has 2 aliphatic rings. The van der Waals surface area contributed by atoms with Gasteiger partial charge in [0.25, 0.3) is 0 Å². The van der Waals surface area contributed by atoms with Crippen LogP contribution in [0.5, 0.6) is 0 Å². The predicted molar refractivity (Wildman–Crippen MR) is 107 cm³/mol. The molecule has 1 aliphatic heterocycles. The van der Waals surface area contributed by atoms with Crippen molar-refractivity contribution in [3.8, 4) is 0 Å². The van der Waals surface area contributed by atoms with Crippen LogP contribution in [0.25, 0.3) is 0 Å². The fraction of sp³-hybridized carbons (Fsp3) is 0.545. The molecular weight excluding hydrogens is 356 g/mol. The standard InChI is InChI=1S/C22H30N2O4/c1-5-11-27-21(26)24(19-12-18(19)17-9-7-6-8-10-17)15-16-13-23(14-16)20(25)28-22(2,3)4/h5-10,16,18-19H,1,11-15H2,2-4H3. The Morgan fingerprint density at radius 2 is 1.93 bits per heavy atom. The van der Waals surface area contributed by atoms with Gasteiger partial charge in [-0.15, -0.1) is 0 Å². The van der Waals surface area contributed by atoms with Gasteiger partial charge in [-0.2, -0.15) is 0 Å². The van der Waals surface area contributed by atoms with Crippen LogP contribution in [0, 0.1) is 5.92 Å². The summed E-state index contributed by atoms with van der Waals surface area (Å²) in [5.41, 5.74) is 0.748. The fourth-order valence-electron chi connectivity index (χ4n) is 3.58. The van der Waals surface area contributed by atoms with Gasteiger partial charge in [0, 0.05) is 37.5 Å². The van der Waals surface area contributed by atoms with Gasteiger partial charge in [0.15, 0.2) is 0 Å². The number of carbonyl (C=O) groups is 2. The van der Waals surface area contributed by atoms with Gasteiger partial charge in [0.2, 0.25) is 0 Å². The molecule has 1 heterocycles. The molecule has 2 fully saturated rings. The van der Waals surface area contributed by atoms with Crippen molar-refractivity contribution in [2.75, 3.05) is 26.2 Å². The highest BCUT2D eigenvalue weighted by Gasteiger charge is 2.47. The molecule has 6 nitrogen and oxygen atoms in total. The third-order valence-electron chi connectivity index (χ3n) is 5.01. The summed E-state index contributed by atoms with van der Waals surface area (Å²) in [6.07, 6.45) is 1.91. The summed E-state index contributed by atoms with van der Waals surface area (Å²) in [5.74, 6) is 0.584. The zero-order valence-electron chi connectivity index (χ0n) is 17.0. The van der Waals surface area contributed by atoms with Gasteiger partial charge in [-0.1, -0.05) is 43.0 Å². The number of amides is 2. The summed E-state index contributed by atoms with van der Waals surface area (Å²) in [7, 11) is 0. The summed E-state index contributed by atoms with van der Waals surface area (Å²) in [6.45, 7) is 11.2. The molecule has 0 spiro atoms. The van der Waals surface area contributed by atoms with Gasteiger partial charge in [0.05, 0.1) is 0 Å². The van der Waals surface area contributed by atoms with Crippen molar-refractivity contribution < 1.29 is 19.1 Å². The molecule has 1 aromatic carbocycles. The van der Waals surface area contributed by atoms with Crippen LogP contribution in [0.15, 0.2) is 43.0 Å². The lowest BCUT2D eigenvalue weighted by molar-refractivity contribution is -0.00656. The Kier molecular flexibility index (Phi) is 5.96. The number of hydrogen-bond donors (Lipinski definition) is 0. The highest BCUT2D eigenvalue weighted by Crippen LogP contribution is 2.45. The van der Waals surface area contributed by atoms with E-state index in [4.69, 9.17) is 9.47 Å². The van der Waals surface area contributed by atoms with Crippen molar-refractivity contribution in [2.24, 2.45) is 5.92 Å². The van der Waals surface area contributed by atoms with E-state index in [2.05, 4.69) is 18.7 Å². The summed E-state index contributed by atoms with van der Waals surface area (Å²) >= 11 is 0. The molecule has 1 saturated carbocycles. The van der Waals surface area contributed by atoms with E-state index in [1.54, 1.807) is 11.0 Å². The summed E-state index contributed by atoms with van der Waals surface area (Å²) in [5, 5.41) is 0. The molecule has 0 bridgehead atoms. The minimum atomic E-state index is -0.500. The lowest BCUT2D eigenvalue weighted by Gasteiger charge is -2.41. The van der Waals surface area contributed by atoms with E-state index in [9.17, 15) is 9.59 Å². The first-order chi connectivity index (χ1) is 13.3. The second kappa shape index (κ2) is 8.25. The maximum Gasteiger partial charge on any atom is 0.410 e. The zero-order valence-corrected chi connectivity index (χ0v) is 17.0. The molecule has 2 unspecified atom stereocenters. The van der Waals surface area contributed by atoms with Gasteiger partial charge in [-0.05, 0) is 32.8 Å². The summed E-state index contributed by atoms with van der Waals surface area (Å²) in [4.78, 5) is 28.2. The molecule has 2 amide bonds. The normalized spacial score (nSPS) is 21.5. The van der Waals surface area contributed by atoms with E-state index < -0.39 is 5.60 Å². The molecule has 0 aromatic heterocycles. The van der Waals surface area contributed by atoms with E-state index in [-0.39, 0.29) is 30.8 Å². The third-order valence-corrected chi connectivity index (χ3v) is 5.01. The number of benzene rings is 1. The Bertz CT molecular complexity index is 707. The first kappa shape index (κ1) is 20.2. The van der Waals surface area contributed by atoms with Crippen LogP contribution in [0.3, 0.4) is 0 Å². The number of likely N-dealkylation sites (tertiary alicyclic amines) is 1. The average Bonchev–Trinajstić information content (AvgIpc) is 3.38. The van der Waals surface area contributed by atoms with E-state index in [1.165, 1.54) is 5.56 Å². The number of ether oxygens (including phenoxy) is 2. The first-order valence-corrected chi connectivity index (χ1v) is 9.85. The topological polar surface area (TPSA) is 59.1 Å². The monoisotopic (exact) mass is 386 g/mol. The Morgan fingerprint density at radius 3 is 2.54 bits per heavy atom. The van der Waals surface area contributed by atoms with Gasteiger partial charge < -0.3 is 19.3 Å². The predicted octanol–water partition coefficient (Wildman–Crippen LogP) is 4.03. The second-order valence-corrected chi connectivity index (χ2v) is 8.59. The van der Waals surface area contributed by atoms with Crippen molar-refractivity contribution in [3.63, 3.8) is 0 Å². The minimum Gasteiger partial charge on any atom is -0.445 e. The summed E-state index contributed by atoms with van der Waals surface area (Å²) in [6, 6.07) is 10.4. The molecular formula is C22H30N2O4. The smallest absolute Gasteiger partial charge is 0.410 e. The number of nitrogens with zero attached hydrogens (tertiary/aromatic N) is 2. The average molecular weight is 386 g/mol. The Balaban J connectivity index is 1.57. The minimum absolute atomic E-state index is 0.148. The van der Waals surface area contributed by atoms with Gasteiger partial charge in [-0.3, -0.25) is 0 Å². The molecule has 152 valence electrons. The molecule has 6 heteroatoms. The quantitative estimate of drug-likeness (QED) is 0.693. The molecule has 1 aliphatic carbocycles. The van der Waals surface area contributed by atoms with Crippen LogP contribution < -0.4 is 0 Å². The van der Waals surface area contributed by atoms with Crippen LogP contribution in [0.2, 0.25) is 0 Å². The molecule has 3 rings (SSSR count). The molecule has 28 heavy (non-hydrogen) atoms. The Hall–Kier alpha value is -2.50. The molecule has 0 radical (unpaired) electrons. The van der Waals surface area contributed by atoms with Crippen molar-refractivity contribution in [1.82, 2.24) is 9.80 Å². The highest BCUT2D eigenvalue weighted by molar-refractivity contribution is 5.70. The number of carbonyl (C=O) groups excluding carboxylic acids is 2. The second-order valence-electron chi connectivity index (χ2n) is 8.59. The van der Waals surface area contributed by atoms with Crippen LogP contribution >= 0.6 is 0 Å².